The van der Waals surface area contributed by atoms with E-state index in [-0.39, 0.29) is 0 Å². The third-order valence-electron chi connectivity index (χ3n) is 4.10. The molecule has 2 heterocycles. The van der Waals surface area contributed by atoms with Crippen LogP contribution in [0.25, 0.3) is 0 Å². The minimum absolute atomic E-state index is 0.311. The van der Waals surface area contributed by atoms with E-state index in [1.807, 2.05) is 12.1 Å². The van der Waals surface area contributed by atoms with Gasteiger partial charge in [0, 0.05) is 37.9 Å². The normalized spacial score (nSPS) is 13.3. The van der Waals surface area contributed by atoms with Crippen LogP contribution in [0.15, 0.2) is 28.6 Å². The Labute approximate surface area is 158 Å². The third-order valence-corrected chi connectivity index (χ3v) is 5.30. The SMILES string of the molecule is CN=C(NCCc1ccc2c(c1)OCO2)NCCc1csc(C(C)C)n1. The Hall–Kier alpha value is -2.28. The third kappa shape index (κ3) is 4.88. The smallest absolute Gasteiger partial charge is 0.231 e. The van der Waals surface area contributed by atoms with Gasteiger partial charge >= 0.3 is 0 Å². The second-order valence-electron chi connectivity index (χ2n) is 6.45. The standard InChI is InChI=1S/C19H26N4O2S/c1-13(2)18-23-15(11-26-18)7-9-22-19(20-3)21-8-6-14-4-5-16-17(10-14)25-12-24-16/h4-5,10-11,13H,6-9,12H2,1-3H3,(H2,20,21,22). The van der Waals surface area contributed by atoms with Crippen LogP contribution >= 0.6 is 11.3 Å². The number of hydrogen-bond donors (Lipinski definition) is 2. The fourth-order valence-corrected chi connectivity index (χ4v) is 3.52. The first-order chi connectivity index (χ1) is 12.7. The summed E-state index contributed by atoms with van der Waals surface area (Å²) in [6.45, 7) is 6.27. The fraction of sp³-hybridized carbons (Fsp3) is 0.474. The molecule has 26 heavy (non-hydrogen) atoms. The maximum Gasteiger partial charge on any atom is 0.231 e. The summed E-state index contributed by atoms with van der Waals surface area (Å²) in [6.07, 6.45) is 1.78. The van der Waals surface area contributed by atoms with E-state index in [9.17, 15) is 0 Å². The molecule has 0 atom stereocenters. The summed E-state index contributed by atoms with van der Waals surface area (Å²) in [5.74, 6) is 2.95. The van der Waals surface area contributed by atoms with Crippen LogP contribution in [0.3, 0.4) is 0 Å². The van der Waals surface area contributed by atoms with Gasteiger partial charge < -0.3 is 20.1 Å². The summed E-state index contributed by atoms with van der Waals surface area (Å²) in [5, 5.41) is 10.0. The van der Waals surface area contributed by atoms with Gasteiger partial charge in [-0.05, 0) is 24.1 Å². The molecule has 0 unspecified atom stereocenters. The molecule has 0 radical (unpaired) electrons. The van der Waals surface area contributed by atoms with Gasteiger partial charge in [0.05, 0.1) is 10.7 Å². The Morgan fingerprint density at radius 3 is 2.69 bits per heavy atom. The second kappa shape index (κ2) is 8.89. The molecule has 1 aliphatic heterocycles. The van der Waals surface area contributed by atoms with E-state index < -0.39 is 0 Å². The number of aliphatic imine (C=N–C) groups is 1. The summed E-state index contributed by atoms with van der Waals surface area (Å²) < 4.78 is 10.8. The highest BCUT2D eigenvalue weighted by molar-refractivity contribution is 7.09. The summed E-state index contributed by atoms with van der Waals surface area (Å²) in [4.78, 5) is 8.93. The monoisotopic (exact) mass is 374 g/mol. The molecule has 0 amide bonds. The average Bonchev–Trinajstić information content (AvgIpc) is 3.29. The zero-order chi connectivity index (χ0) is 18.4. The number of rotatable bonds is 7. The van der Waals surface area contributed by atoms with Gasteiger partial charge in [0.1, 0.15) is 0 Å². The largest absolute Gasteiger partial charge is 0.454 e. The molecule has 2 N–H and O–H groups in total. The van der Waals surface area contributed by atoms with Crippen LogP contribution in [-0.2, 0) is 12.8 Å². The van der Waals surface area contributed by atoms with Gasteiger partial charge in [0.2, 0.25) is 6.79 Å². The Morgan fingerprint density at radius 2 is 1.96 bits per heavy atom. The van der Waals surface area contributed by atoms with Gasteiger partial charge in [-0.15, -0.1) is 11.3 Å². The van der Waals surface area contributed by atoms with Crippen LogP contribution in [0.2, 0.25) is 0 Å². The van der Waals surface area contributed by atoms with Crippen molar-refractivity contribution in [3.63, 3.8) is 0 Å². The molecule has 1 aliphatic rings. The molecule has 0 fully saturated rings. The van der Waals surface area contributed by atoms with Gasteiger partial charge in [0.25, 0.3) is 0 Å². The Bertz CT molecular complexity index is 758. The van der Waals surface area contributed by atoms with Gasteiger partial charge in [-0.1, -0.05) is 19.9 Å². The molecular formula is C19H26N4O2S. The van der Waals surface area contributed by atoms with E-state index in [1.54, 1.807) is 18.4 Å². The predicted molar refractivity (Wildman–Crippen MR) is 106 cm³/mol. The molecule has 140 valence electrons. The number of thiazole rings is 1. The van der Waals surface area contributed by atoms with Crippen molar-refractivity contribution in [1.29, 1.82) is 0 Å². The first-order valence-corrected chi connectivity index (χ1v) is 9.81. The van der Waals surface area contributed by atoms with Crippen molar-refractivity contribution in [3.05, 3.63) is 39.8 Å². The predicted octanol–water partition coefficient (Wildman–Crippen LogP) is 2.95. The lowest BCUT2D eigenvalue weighted by atomic mass is 10.1. The fourth-order valence-electron chi connectivity index (χ4n) is 2.65. The second-order valence-corrected chi connectivity index (χ2v) is 7.33. The molecule has 0 saturated heterocycles. The molecule has 0 aliphatic carbocycles. The topological polar surface area (TPSA) is 67.8 Å². The minimum Gasteiger partial charge on any atom is -0.454 e. The number of nitrogens with zero attached hydrogens (tertiary/aromatic N) is 2. The summed E-state index contributed by atoms with van der Waals surface area (Å²) >= 11 is 1.74. The first-order valence-electron chi connectivity index (χ1n) is 8.93. The number of nitrogens with one attached hydrogen (secondary N) is 2. The van der Waals surface area contributed by atoms with Crippen LogP contribution in [0.1, 0.15) is 36.0 Å². The number of guanidine groups is 1. The number of fused-ring (bicyclic) bond motifs is 1. The zero-order valence-corrected chi connectivity index (χ0v) is 16.4. The van der Waals surface area contributed by atoms with Crippen LogP contribution < -0.4 is 20.1 Å². The highest BCUT2D eigenvalue weighted by atomic mass is 32.1. The van der Waals surface area contributed by atoms with E-state index in [1.165, 1.54) is 10.6 Å². The molecule has 0 bridgehead atoms. The maximum absolute atomic E-state index is 5.42. The molecule has 0 saturated carbocycles. The van der Waals surface area contributed by atoms with Crippen LogP contribution in [-0.4, -0.2) is 37.9 Å². The van der Waals surface area contributed by atoms with E-state index >= 15 is 0 Å². The van der Waals surface area contributed by atoms with Crippen molar-refractivity contribution in [2.75, 3.05) is 26.9 Å². The molecule has 1 aromatic carbocycles. The summed E-state index contributed by atoms with van der Waals surface area (Å²) in [5.41, 5.74) is 2.35. The van der Waals surface area contributed by atoms with Gasteiger partial charge in [0.15, 0.2) is 17.5 Å². The molecule has 0 spiro atoms. The van der Waals surface area contributed by atoms with E-state index in [4.69, 9.17) is 9.47 Å². The van der Waals surface area contributed by atoms with Gasteiger partial charge in [-0.3, -0.25) is 4.99 Å². The zero-order valence-electron chi connectivity index (χ0n) is 15.5. The molecule has 2 aromatic rings. The number of benzene rings is 1. The minimum atomic E-state index is 0.311. The van der Waals surface area contributed by atoms with Crippen molar-refractivity contribution in [3.8, 4) is 11.5 Å². The summed E-state index contributed by atoms with van der Waals surface area (Å²) in [7, 11) is 1.79. The number of ether oxygens (including phenoxy) is 2. The summed E-state index contributed by atoms with van der Waals surface area (Å²) in [6, 6.07) is 6.07. The molecule has 6 nitrogen and oxygen atoms in total. The van der Waals surface area contributed by atoms with Gasteiger partial charge in [-0.2, -0.15) is 0 Å². The number of aromatic nitrogens is 1. The highest BCUT2D eigenvalue weighted by Crippen LogP contribution is 2.32. The maximum atomic E-state index is 5.42. The van der Waals surface area contributed by atoms with Crippen molar-refractivity contribution < 1.29 is 9.47 Å². The van der Waals surface area contributed by atoms with Crippen molar-refractivity contribution in [2.24, 2.45) is 4.99 Å². The Kier molecular flexibility index (Phi) is 6.33. The van der Waals surface area contributed by atoms with Crippen molar-refractivity contribution >= 4 is 17.3 Å². The molecule has 3 rings (SSSR count). The van der Waals surface area contributed by atoms with Crippen LogP contribution in [0.4, 0.5) is 0 Å². The lowest BCUT2D eigenvalue weighted by Gasteiger charge is -2.11. The Balaban J connectivity index is 1.39. The van der Waals surface area contributed by atoms with E-state index in [0.717, 1.165) is 49.1 Å². The van der Waals surface area contributed by atoms with Crippen LogP contribution in [0.5, 0.6) is 11.5 Å². The lowest BCUT2D eigenvalue weighted by molar-refractivity contribution is 0.174. The van der Waals surface area contributed by atoms with Crippen molar-refractivity contribution in [2.45, 2.75) is 32.6 Å². The average molecular weight is 375 g/mol. The highest BCUT2D eigenvalue weighted by Gasteiger charge is 2.13. The van der Waals surface area contributed by atoms with E-state index in [0.29, 0.717) is 12.7 Å². The van der Waals surface area contributed by atoms with Crippen LogP contribution in [0, 0.1) is 0 Å². The molecule has 7 heteroatoms. The first kappa shape index (κ1) is 18.5. The van der Waals surface area contributed by atoms with E-state index in [2.05, 4.69) is 45.9 Å². The number of hydrogen-bond acceptors (Lipinski definition) is 5. The lowest BCUT2D eigenvalue weighted by Crippen LogP contribution is -2.39. The van der Waals surface area contributed by atoms with Crippen molar-refractivity contribution in [1.82, 2.24) is 15.6 Å². The quantitative estimate of drug-likeness (QED) is 0.576. The Morgan fingerprint density at radius 1 is 1.19 bits per heavy atom. The molecular weight excluding hydrogens is 348 g/mol. The molecule has 1 aromatic heterocycles. The van der Waals surface area contributed by atoms with Gasteiger partial charge in [-0.25, -0.2) is 4.98 Å².